The van der Waals surface area contributed by atoms with Crippen LogP contribution in [0, 0.1) is 11.8 Å². The number of aliphatic carboxylic acids is 1. The molecule has 1 rings (SSSR count). The molecule has 0 spiro atoms. The van der Waals surface area contributed by atoms with Gasteiger partial charge in [0.05, 0.1) is 6.04 Å². The minimum absolute atomic E-state index is 0.0808. The van der Waals surface area contributed by atoms with Crippen LogP contribution in [-0.2, 0) is 19.2 Å². The molecule has 4 unspecified atom stereocenters. The highest BCUT2D eigenvalue weighted by atomic mass is 16.4. The Labute approximate surface area is 201 Å². The zero-order valence-corrected chi connectivity index (χ0v) is 20.6. The number of hydrogen-bond donors (Lipinski definition) is 6. The van der Waals surface area contributed by atoms with E-state index in [4.69, 9.17) is 17.2 Å². The fourth-order valence-corrected chi connectivity index (χ4v) is 3.79. The van der Waals surface area contributed by atoms with Crippen LogP contribution in [0.1, 0.15) is 59.8 Å². The van der Waals surface area contributed by atoms with Crippen molar-refractivity contribution in [3.05, 3.63) is 0 Å². The van der Waals surface area contributed by atoms with Crippen LogP contribution in [0.25, 0.3) is 0 Å². The molecule has 1 saturated heterocycles. The lowest BCUT2D eigenvalue weighted by Gasteiger charge is -2.29. The van der Waals surface area contributed by atoms with E-state index >= 15 is 0 Å². The summed E-state index contributed by atoms with van der Waals surface area (Å²) in [7, 11) is 0. The van der Waals surface area contributed by atoms with Crippen LogP contribution in [0.2, 0.25) is 0 Å². The Bertz CT molecular complexity index is 752. The van der Waals surface area contributed by atoms with E-state index in [1.807, 2.05) is 27.7 Å². The maximum atomic E-state index is 13.2. The Morgan fingerprint density at radius 3 is 2.21 bits per heavy atom. The second-order valence-corrected chi connectivity index (χ2v) is 9.50. The van der Waals surface area contributed by atoms with Gasteiger partial charge in [-0.05, 0) is 43.9 Å². The molecule has 1 heterocycles. The van der Waals surface area contributed by atoms with Gasteiger partial charge in [0.2, 0.25) is 17.7 Å². The lowest BCUT2D eigenvalue weighted by Crippen LogP contribution is -2.57. The molecule has 0 aliphatic carbocycles. The van der Waals surface area contributed by atoms with E-state index in [0.717, 1.165) is 0 Å². The van der Waals surface area contributed by atoms with Gasteiger partial charge in [0, 0.05) is 13.1 Å². The number of carboxylic acids is 1. The first-order valence-electron chi connectivity index (χ1n) is 11.8. The summed E-state index contributed by atoms with van der Waals surface area (Å²) in [5, 5.41) is 14.9. The number of rotatable bonds is 13. The number of guanidine groups is 1. The van der Waals surface area contributed by atoms with Crippen LogP contribution in [0.15, 0.2) is 4.99 Å². The van der Waals surface area contributed by atoms with Gasteiger partial charge in [-0.3, -0.25) is 19.4 Å². The SMILES string of the molecule is CC(C)CC(NC(=O)C(N)C(C)C)C(=O)NC(CCCN=C(N)N)C(=O)N1CCCC1C(=O)O. The third-order valence-corrected chi connectivity index (χ3v) is 5.74. The highest BCUT2D eigenvalue weighted by molar-refractivity contribution is 5.94. The number of nitrogens with one attached hydrogen (secondary N) is 2. The Morgan fingerprint density at radius 2 is 1.68 bits per heavy atom. The third kappa shape index (κ3) is 9.16. The molecule has 0 bridgehead atoms. The molecule has 4 atom stereocenters. The number of amides is 3. The molecular weight excluding hydrogens is 442 g/mol. The van der Waals surface area contributed by atoms with Crippen LogP contribution >= 0.6 is 0 Å². The molecule has 12 heteroatoms. The van der Waals surface area contributed by atoms with Crippen molar-refractivity contribution in [2.75, 3.05) is 13.1 Å². The Hall–Kier alpha value is -2.89. The summed E-state index contributed by atoms with van der Waals surface area (Å²) in [6.45, 7) is 7.98. The van der Waals surface area contributed by atoms with Crippen LogP contribution in [0.3, 0.4) is 0 Å². The van der Waals surface area contributed by atoms with Crippen molar-refractivity contribution >= 4 is 29.7 Å². The fraction of sp³-hybridized carbons (Fsp3) is 0.773. The third-order valence-electron chi connectivity index (χ3n) is 5.74. The number of likely N-dealkylation sites (tertiary alicyclic amines) is 1. The molecule has 0 aromatic rings. The van der Waals surface area contributed by atoms with Crippen molar-refractivity contribution in [2.45, 2.75) is 84.0 Å². The molecule has 3 amide bonds. The summed E-state index contributed by atoms with van der Waals surface area (Å²) < 4.78 is 0. The van der Waals surface area contributed by atoms with Crippen molar-refractivity contribution in [1.29, 1.82) is 0 Å². The zero-order chi connectivity index (χ0) is 26.0. The zero-order valence-electron chi connectivity index (χ0n) is 20.6. The topological polar surface area (TPSA) is 206 Å². The van der Waals surface area contributed by atoms with Crippen molar-refractivity contribution in [1.82, 2.24) is 15.5 Å². The molecular formula is C22H41N7O5. The van der Waals surface area contributed by atoms with Gasteiger partial charge >= 0.3 is 5.97 Å². The lowest BCUT2D eigenvalue weighted by atomic mass is 10.00. The van der Waals surface area contributed by atoms with Gasteiger partial charge < -0.3 is 37.8 Å². The Morgan fingerprint density at radius 1 is 1.06 bits per heavy atom. The summed E-state index contributed by atoms with van der Waals surface area (Å²) in [6, 6.07) is -3.58. The van der Waals surface area contributed by atoms with E-state index in [2.05, 4.69) is 15.6 Å². The first kappa shape index (κ1) is 29.1. The van der Waals surface area contributed by atoms with Crippen LogP contribution < -0.4 is 27.8 Å². The van der Waals surface area contributed by atoms with Crippen LogP contribution in [-0.4, -0.2) is 76.9 Å². The maximum Gasteiger partial charge on any atom is 0.326 e. The average molecular weight is 484 g/mol. The minimum Gasteiger partial charge on any atom is -0.480 e. The fourth-order valence-electron chi connectivity index (χ4n) is 3.79. The minimum atomic E-state index is -1.08. The van der Waals surface area contributed by atoms with Crippen LogP contribution in [0.4, 0.5) is 0 Å². The van der Waals surface area contributed by atoms with E-state index in [1.54, 1.807) is 0 Å². The molecule has 0 aromatic carbocycles. The summed E-state index contributed by atoms with van der Waals surface area (Å²) >= 11 is 0. The van der Waals surface area contributed by atoms with Gasteiger partial charge in [0.1, 0.15) is 18.1 Å². The van der Waals surface area contributed by atoms with Gasteiger partial charge in [-0.2, -0.15) is 0 Å². The van der Waals surface area contributed by atoms with Gasteiger partial charge in [-0.1, -0.05) is 27.7 Å². The molecule has 34 heavy (non-hydrogen) atoms. The quantitative estimate of drug-likeness (QED) is 0.110. The van der Waals surface area contributed by atoms with E-state index in [1.165, 1.54) is 4.90 Å². The molecule has 12 nitrogen and oxygen atoms in total. The van der Waals surface area contributed by atoms with Crippen LogP contribution in [0.5, 0.6) is 0 Å². The molecule has 1 aliphatic heterocycles. The summed E-state index contributed by atoms with van der Waals surface area (Å²) in [4.78, 5) is 55.7. The highest BCUT2D eigenvalue weighted by Crippen LogP contribution is 2.20. The number of carboxylic acid groups (broad SMARTS) is 1. The largest absolute Gasteiger partial charge is 0.480 e. The number of aliphatic imine (C=N–C) groups is 1. The van der Waals surface area contributed by atoms with Gasteiger partial charge in [0.25, 0.3) is 0 Å². The molecule has 9 N–H and O–H groups in total. The molecule has 0 saturated carbocycles. The van der Waals surface area contributed by atoms with E-state index < -0.39 is 47.9 Å². The monoisotopic (exact) mass is 483 g/mol. The number of nitrogens with two attached hydrogens (primary N) is 3. The maximum absolute atomic E-state index is 13.2. The number of nitrogens with zero attached hydrogens (tertiary/aromatic N) is 2. The molecule has 1 fully saturated rings. The van der Waals surface area contributed by atoms with E-state index in [0.29, 0.717) is 32.2 Å². The van der Waals surface area contributed by atoms with Crippen molar-refractivity contribution in [2.24, 2.45) is 34.0 Å². The summed E-state index contributed by atoms with van der Waals surface area (Å²) in [5.41, 5.74) is 16.6. The standard InChI is InChI=1S/C22H41N7O5/c1-12(2)11-15(28-19(31)17(23)13(3)4)18(30)27-14(7-5-9-26-22(24)25)20(32)29-10-6-8-16(29)21(33)34/h12-17H,5-11,23H2,1-4H3,(H,27,30)(H,28,31)(H,33,34)(H4,24,25,26). The van der Waals surface area contributed by atoms with Crippen molar-refractivity contribution < 1.29 is 24.3 Å². The smallest absolute Gasteiger partial charge is 0.326 e. The Balaban J connectivity index is 3.04. The first-order chi connectivity index (χ1) is 15.8. The number of carbonyl (C=O) groups is 4. The number of hydrogen-bond acceptors (Lipinski definition) is 6. The predicted octanol–water partition coefficient (Wildman–Crippen LogP) is -0.885. The second-order valence-electron chi connectivity index (χ2n) is 9.50. The molecule has 194 valence electrons. The number of carbonyl (C=O) groups excluding carboxylic acids is 3. The van der Waals surface area contributed by atoms with Crippen molar-refractivity contribution in [3.8, 4) is 0 Å². The average Bonchev–Trinajstić information content (AvgIpc) is 3.23. The summed E-state index contributed by atoms with van der Waals surface area (Å²) in [6.07, 6.45) is 1.86. The van der Waals surface area contributed by atoms with Gasteiger partial charge in [-0.25, -0.2) is 4.79 Å². The predicted molar refractivity (Wildman–Crippen MR) is 128 cm³/mol. The normalized spacial score (nSPS) is 18.3. The first-order valence-corrected chi connectivity index (χ1v) is 11.8. The van der Waals surface area contributed by atoms with Gasteiger partial charge in [-0.15, -0.1) is 0 Å². The molecule has 0 aromatic heterocycles. The lowest BCUT2D eigenvalue weighted by molar-refractivity contribution is -0.149. The van der Waals surface area contributed by atoms with E-state index in [9.17, 15) is 24.3 Å². The molecule has 0 radical (unpaired) electrons. The Kier molecular flexibility index (Phi) is 11.8. The highest BCUT2D eigenvalue weighted by Gasteiger charge is 2.38. The molecule has 1 aliphatic rings. The van der Waals surface area contributed by atoms with E-state index in [-0.39, 0.29) is 30.8 Å². The second kappa shape index (κ2) is 13.7. The van der Waals surface area contributed by atoms with Gasteiger partial charge in [0.15, 0.2) is 5.96 Å². The van der Waals surface area contributed by atoms with Crippen molar-refractivity contribution in [3.63, 3.8) is 0 Å². The summed E-state index contributed by atoms with van der Waals surface area (Å²) in [5.74, 6) is -2.65.